The molecule has 0 rings (SSSR count). The Kier molecular flexibility index (Phi) is 6.86. The lowest BCUT2D eigenvalue weighted by atomic mass is 9.94. The van der Waals surface area contributed by atoms with Gasteiger partial charge in [-0.3, -0.25) is 0 Å². The van der Waals surface area contributed by atoms with Crippen molar-refractivity contribution >= 4 is 0 Å². The fraction of sp³-hybridized carbons (Fsp3) is 0.846. The van der Waals surface area contributed by atoms with Crippen molar-refractivity contribution in [3.05, 3.63) is 12.2 Å². The first-order valence-corrected chi connectivity index (χ1v) is 5.79. The highest BCUT2D eigenvalue weighted by Gasteiger charge is 2.17. The van der Waals surface area contributed by atoms with E-state index in [2.05, 4.69) is 39.6 Å². The van der Waals surface area contributed by atoms with Crippen molar-refractivity contribution in [2.45, 2.75) is 47.1 Å². The van der Waals surface area contributed by atoms with E-state index in [1.165, 1.54) is 5.57 Å². The molecular weight excluding hydrogens is 186 g/mol. The van der Waals surface area contributed by atoms with Crippen LogP contribution >= 0.6 is 0 Å². The highest BCUT2D eigenvalue weighted by molar-refractivity contribution is 4.87. The van der Waals surface area contributed by atoms with E-state index in [-0.39, 0.29) is 5.41 Å². The molecule has 0 aromatic carbocycles. The van der Waals surface area contributed by atoms with Gasteiger partial charge in [0.05, 0.1) is 13.2 Å². The van der Waals surface area contributed by atoms with Crippen molar-refractivity contribution in [3.63, 3.8) is 0 Å². The molecule has 0 radical (unpaired) electrons. The Labute approximate surface area is 95.1 Å². The van der Waals surface area contributed by atoms with Crippen LogP contribution in [0.2, 0.25) is 0 Å². The van der Waals surface area contributed by atoms with E-state index in [0.717, 1.165) is 26.2 Å². The van der Waals surface area contributed by atoms with Gasteiger partial charge >= 0.3 is 0 Å². The third-order valence-corrected chi connectivity index (χ3v) is 2.15. The van der Waals surface area contributed by atoms with Gasteiger partial charge in [-0.2, -0.15) is 0 Å². The second-order valence-electron chi connectivity index (χ2n) is 5.46. The van der Waals surface area contributed by atoms with Gasteiger partial charge in [-0.05, 0) is 13.3 Å². The standard InChI is InChI=1S/C13H27NO/c1-11(2)7-8-15-10-13(5,6)9-14-12(3)4/h12,14H,1,7-10H2,2-6H3. The summed E-state index contributed by atoms with van der Waals surface area (Å²) in [6.45, 7) is 17.3. The number of nitrogens with one attached hydrogen (secondary N) is 1. The Morgan fingerprint density at radius 1 is 1.40 bits per heavy atom. The molecule has 0 saturated carbocycles. The fourth-order valence-electron chi connectivity index (χ4n) is 1.13. The molecule has 0 bridgehead atoms. The Bertz CT molecular complexity index is 185. The highest BCUT2D eigenvalue weighted by atomic mass is 16.5. The second kappa shape index (κ2) is 7.02. The molecule has 0 aromatic heterocycles. The van der Waals surface area contributed by atoms with Crippen LogP contribution in [0.3, 0.4) is 0 Å². The summed E-state index contributed by atoms with van der Waals surface area (Å²) in [6, 6.07) is 0.541. The third-order valence-electron chi connectivity index (χ3n) is 2.15. The molecule has 0 aliphatic carbocycles. The zero-order chi connectivity index (χ0) is 11.9. The van der Waals surface area contributed by atoms with Gasteiger partial charge in [-0.1, -0.05) is 33.3 Å². The van der Waals surface area contributed by atoms with Crippen molar-refractivity contribution in [1.82, 2.24) is 5.32 Å². The summed E-state index contributed by atoms with van der Waals surface area (Å²) in [5.74, 6) is 0. The Morgan fingerprint density at radius 3 is 2.47 bits per heavy atom. The average molecular weight is 213 g/mol. The van der Waals surface area contributed by atoms with Gasteiger partial charge in [0.2, 0.25) is 0 Å². The zero-order valence-corrected chi connectivity index (χ0v) is 11.0. The molecule has 2 heteroatoms. The van der Waals surface area contributed by atoms with Crippen LogP contribution in [-0.4, -0.2) is 25.8 Å². The SMILES string of the molecule is C=C(C)CCOCC(C)(C)CNC(C)C. The minimum atomic E-state index is 0.208. The molecule has 0 fully saturated rings. The van der Waals surface area contributed by atoms with E-state index < -0.39 is 0 Å². The number of hydrogen-bond acceptors (Lipinski definition) is 2. The zero-order valence-electron chi connectivity index (χ0n) is 11.0. The van der Waals surface area contributed by atoms with Crippen LogP contribution < -0.4 is 5.32 Å². The summed E-state index contributed by atoms with van der Waals surface area (Å²) in [6.07, 6.45) is 0.966. The van der Waals surface area contributed by atoms with Gasteiger partial charge < -0.3 is 10.1 Å². The number of rotatable bonds is 8. The van der Waals surface area contributed by atoms with E-state index >= 15 is 0 Å². The Balaban J connectivity index is 3.59. The molecule has 2 nitrogen and oxygen atoms in total. The molecule has 0 aromatic rings. The molecule has 0 atom stereocenters. The largest absolute Gasteiger partial charge is 0.381 e. The number of ether oxygens (including phenoxy) is 1. The van der Waals surface area contributed by atoms with Gasteiger partial charge in [0.15, 0.2) is 0 Å². The summed E-state index contributed by atoms with van der Waals surface area (Å²) in [5, 5.41) is 3.44. The predicted molar refractivity (Wildman–Crippen MR) is 67.2 cm³/mol. The van der Waals surface area contributed by atoms with Crippen LogP contribution in [0, 0.1) is 5.41 Å². The lowest BCUT2D eigenvalue weighted by molar-refractivity contribution is 0.0631. The maximum atomic E-state index is 5.64. The molecule has 0 aliphatic heterocycles. The summed E-state index contributed by atoms with van der Waals surface area (Å²) < 4.78 is 5.64. The van der Waals surface area contributed by atoms with Crippen molar-refractivity contribution < 1.29 is 4.74 Å². The predicted octanol–water partition coefficient (Wildman–Crippen LogP) is 2.99. The lowest BCUT2D eigenvalue weighted by Crippen LogP contribution is -2.36. The van der Waals surface area contributed by atoms with Crippen molar-refractivity contribution in [2.24, 2.45) is 5.41 Å². The van der Waals surface area contributed by atoms with Gasteiger partial charge in [0, 0.05) is 18.0 Å². The first-order valence-electron chi connectivity index (χ1n) is 5.79. The topological polar surface area (TPSA) is 21.3 Å². The summed E-state index contributed by atoms with van der Waals surface area (Å²) in [7, 11) is 0. The van der Waals surface area contributed by atoms with E-state index in [9.17, 15) is 0 Å². The number of hydrogen-bond donors (Lipinski definition) is 1. The molecule has 0 saturated heterocycles. The Hall–Kier alpha value is -0.340. The molecule has 15 heavy (non-hydrogen) atoms. The summed E-state index contributed by atoms with van der Waals surface area (Å²) in [4.78, 5) is 0. The molecule has 0 aliphatic rings. The van der Waals surface area contributed by atoms with Crippen LogP contribution in [0.5, 0.6) is 0 Å². The molecule has 0 amide bonds. The van der Waals surface area contributed by atoms with Gasteiger partial charge in [-0.15, -0.1) is 6.58 Å². The van der Waals surface area contributed by atoms with Crippen LogP contribution in [0.1, 0.15) is 41.0 Å². The van der Waals surface area contributed by atoms with Gasteiger partial charge in [0.1, 0.15) is 0 Å². The summed E-state index contributed by atoms with van der Waals surface area (Å²) >= 11 is 0. The highest BCUT2D eigenvalue weighted by Crippen LogP contribution is 2.14. The molecule has 0 spiro atoms. The van der Waals surface area contributed by atoms with Crippen molar-refractivity contribution in [3.8, 4) is 0 Å². The van der Waals surface area contributed by atoms with E-state index in [1.807, 2.05) is 6.92 Å². The normalized spacial score (nSPS) is 12.1. The molecular formula is C13H27NO. The third kappa shape index (κ3) is 9.95. The van der Waals surface area contributed by atoms with Gasteiger partial charge in [0.25, 0.3) is 0 Å². The minimum absolute atomic E-state index is 0.208. The molecule has 0 unspecified atom stereocenters. The van der Waals surface area contributed by atoms with Crippen LogP contribution in [0.15, 0.2) is 12.2 Å². The van der Waals surface area contributed by atoms with Crippen molar-refractivity contribution in [2.75, 3.05) is 19.8 Å². The first kappa shape index (κ1) is 14.7. The fourth-order valence-corrected chi connectivity index (χ4v) is 1.13. The second-order valence-corrected chi connectivity index (χ2v) is 5.46. The van der Waals surface area contributed by atoms with E-state index in [1.54, 1.807) is 0 Å². The molecule has 0 heterocycles. The Morgan fingerprint density at radius 2 is 2.00 bits per heavy atom. The smallest absolute Gasteiger partial charge is 0.0529 e. The molecule has 1 N–H and O–H groups in total. The molecule has 90 valence electrons. The quantitative estimate of drug-likeness (QED) is 0.494. The maximum absolute atomic E-state index is 5.64. The monoisotopic (exact) mass is 213 g/mol. The van der Waals surface area contributed by atoms with Crippen LogP contribution in [-0.2, 0) is 4.74 Å². The van der Waals surface area contributed by atoms with E-state index in [0.29, 0.717) is 6.04 Å². The maximum Gasteiger partial charge on any atom is 0.0529 e. The van der Waals surface area contributed by atoms with E-state index in [4.69, 9.17) is 4.74 Å². The average Bonchev–Trinajstić information content (AvgIpc) is 2.09. The lowest BCUT2D eigenvalue weighted by Gasteiger charge is -2.26. The summed E-state index contributed by atoms with van der Waals surface area (Å²) in [5.41, 5.74) is 1.40. The van der Waals surface area contributed by atoms with Crippen LogP contribution in [0.4, 0.5) is 0 Å². The first-order chi connectivity index (χ1) is 6.83. The van der Waals surface area contributed by atoms with Gasteiger partial charge in [-0.25, -0.2) is 0 Å². The van der Waals surface area contributed by atoms with Crippen molar-refractivity contribution in [1.29, 1.82) is 0 Å². The van der Waals surface area contributed by atoms with Crippen LogP contribution in [0.25, 0.3) is 0 Å². The minimum Gasteiger partial charge on any atom is -0.381 e.